The quantitative estimate of drug-likeness (QED) is 0.800. The van der Waals surface area contributed by atoms with Crippen molar-refractivity contribution in [2.24, 2.45) is 0 Å². The standard InChI is InChI=1S/C15H10ClF5O/c16-12-8-6-11(7-9-12)13(22,10-4-2-1-3-5-10)14(17,18)15(19,20)21/h1-9,22H. The van der Waals surface area contributed by atoms with Crippen LogP contribution in [-0.2, 0) is 5.60 Å². The number of halogens is 6. The van der Waals surface area contributed by atoms with Gasteiger partial charge < -0.3 is 5.11 Å². The third-order valence-corrected chi connectivity index (χ3v) is 3.52. The summed E-state index contributed by atoms with van der Waals surface area (Å²) in [5.41, 5.74) is -4.73. The molecular weight excluding hydrogens is 327 g/mol. The second kappa shape index (κ2) is 5.52. The van der Waals surface area contributed by atoms with E-state index in [2.05, 4.69) is 0 Å². The molecule has 0 saturated heterocycles. The first kappa shape index (κ1) is 16.7. The highest BCUT2D eigenvalue weighted by Crippen LogP contribution is 2.51. The van der Waals surface area contributed by atoms with E-state index in [1.54, 1.807) is 0 Å². The van der Waals surface area contributed by atoms with Crippen molar-refractivity contribution in [3.8, 4) is 0 Å². The van der Waals surface area contributed by atoms with Crippen LogP contribution in [0.2, 0.25) is 5.02 Å². The molecule has 2 aromatic rings. The van der Waals surface area contributed by atoms with Crippen molar-refractivity contribution >= 4 is 11.6 Å². The first-order valence-electron chi connectivity index (χ1n) is 6.09. The van der Waals surface area contributed by atoms with E-state index in [4.69, 9.17) is 11.6 Å². The van der Waals surface area contributed by atoms with Gasteiger partial charge >= 0.3 is 12.1 Å². The first-order chi connectivity index (χ1) is 10.1. The lowest BCUT2D eigenvalue weighted by molar-refractivity contribution is -0.336. The lowest BCUT2D eigenvalue weighted by Gasteiger charge is -2.37. The van der Waals surface area contributed by atoms with Crippen LogP contribution >= 0.6 is 11.6 Å². The molecule has 0 bridgehead atoms. The number of aliphatic hydroxyl groups is 1. The van der Waals surface area contributed by atoms with Crippen molar-refractivity contribution in [3.05, 3.63) is 70.7 Å². The van der Waals surface area contributed by atoms with Crippen LogP contribution < -0.4 is 0 Å². The third kappa shape index (κ3) is 2.57. The Hall–Kier alpha value is -1.66. The molecule has 0 aliphatic heterocycles. The molecule has 1 unspecified atom stereocenters. The molecule has 0 fully saturated rings. The molecule has 2 aromatic carbocycles. The number of alkyl halides is 5. The van der Waals surface area contributed by atoms with Crippen molar-refractivity contribution in [3.63, 3.8) is 0 Å². The Morgan fingerprint density at radius 1 is 0.727 bits per heavy atom. The minimum Gasteiger partial charge on any atom is -0.374 e. The zero-order valence-corrected chi connectivity index (χ0v) is 11.7. The van der Waals surface area contributed by atoms with Gasteiger partial charge in [-0.15, -0.1) is 0 Å². The highest BCUT2D eigenvalue weighted by molar-refractivity contribution is 6.30. The number of hydrogen-bond donors (Lipinski definition) is 1. The van der Waals surface area contributed by atoms with Crippen molar-refractivity contribution in [1.29, 1.82) is 0 Å². The van der Waals surface area contributed by atoms with Crippen molar-refractivity contribution in [1.82, 2.24) is 0 Å². The summed E-state index contributed by atoms with van der Waals surface area (Å²) in [6.07, 6.45) is -5.93. The van der Waals surface area contributed by atoms with Gasteiger partial charge in [0, 0.05) is 5.02 Å². The molecule has 118 valence electrons. The zero-order valence-electron chi connectivity index (χ0n) is 10.9. The molecule has 0 amide bonds. The predicted octanol–water partition coefficient (Wildman–Crippen LogP) is 4.77. The van der Waals surface area contributed by atoms with Crippen molar-refractivity contribution in [2.45, 2.75) is 17.7 Å². The molecule has 0 spiro atoms. The molecule has 0 aliphatic rings. The molecule has 1 nitrogen and oxygen atoms in total. The van der Waals surface area contributed by atoms with E-state index in [9.17, 15) is 27.1 Å². The average Bonchev–Trinajstić information content (AvgIpc) is 2.46. The van der Waals surface area contributed by atoms with E-state index in [1.807, 2.05) is 0 Å². The molecule has 0 aliphatic carbocycles. The van der Waals surface area contributed by atoms with Gasteiger partial charge in [-0.05, 0) is 23.3 Å². The fourth-order valence-corrected chi connectivity index (χ4v) is 2.23. The molecule has 0 aromatic heterocycles. The Kier molecular flexibility index (Phi) is 4.19. The van der Waals surface area contributed by atoms with Gasteiger partial charge in [-0.3, -0.25) is 0 Å². The molecule has 2 rings (SSSR count). The number of rotatable bonds is 3. The Labute approximate surface area is 128 Å². The second-order valence-corrected chi connectivity index (χ2v) is 5.09. The molecule has 1 N–H and O–H groups in total. The van der Waals surface area contributed by atoms with E-state index in [0.717, 1.165) is 36.4 Å². The largest absolute Gasteiger partial charge is 0.457 e. The van der Waals surface area contributed by atoms with Gasteiger partial charge in [-0.1, -0.05) is 54.1 Å². The molecular formula is C15H10ClF5O. The van der Waals surface area contributed by atoms with Gasteiger partial charge in [0.05, 0.1) is 0 Å². The maximum atomic E-state index is 14.0. The highest BCUT2D eigenvalue weighted by Gasteiger charge is 2.71. The van der Waals surface area contributed by atoms with Crippen LogP contribution in [0.15, 0.2) is 54.6 Å². The summed E-state index contributed by atoms with van der Waals surface area (Å²) in [6, 6.07) is 10.1. The van der Waals surface area contributed by atoms with Crippen molar-refractivity contribution < 1.29 is 27.1 Å². The maximum Gasteiger partial charge on any atom is 0.457 e. The predicted molar refractivity (Wildman–Crippen MR) is 71.9 cm³/mol. The van der Waals surface area contributed by atoms with Crippen LogP contribution in [0.5, 0.6) is 0 Å². The Morgan fingerprint density at radius 3 is 1.64 bits per heavy atom. The minimum absolute atomic E-state index is 0.148. The van der Waals surface area contributed by atoms with Gasteiger partial charge in [0.25, 0.3) is 0 Å². The van der Waals surface area contributed by atoms with Crippen molar-refractivity contribution in [2.75, 3.05) is 0 Å². The maximum absolute atomic E-state index is 14.0. The van der Waals surface area contributed by atoms with Crippen LogP contribution in [0.25, 0.3) is 0 Å². The van der Waals surface area contributed by atoms with Gasteiger partial charge in [-0.25, -0.2) is 0 Å². The molecule has 0 saturated carbocycles. The van der Waals surface area contributed by atoms with E-state index in [-0.39, 0.29) is 5.02 Å². The average molecular weight is 337 g/mol. The van der Waals surface area contributed by atoms with Gasteiger partial charge in [-0.2, -0.15) is 22.0 Å². The first-order valence-corrected chi connectivity index (χ1v) is 6.47. The summed E-state index contributed by atoms with van der Waals surface area (Å²) in [4.78, 5) is 0. The van der Waals surface area contributed by atoms with Gasteiger partial charge in [0.1, 0.15) is 0 Å². The lowest BCUT2D eigenvalue weighted by Crippen LogP contribution is -2.55. The van der Waals surface area contributed by atoms with Crippen LogP contribution in [0.3, 0.4) is 0 Å². The monoisotopic (exact) mass is 336 g/mol. The number of benzene rings is 2. The van der Waals surface area contributed by atoms with Crippen LogP contribution in [0, 0.1) is 0 Å². The smallest absolute Gasteiger partial charge is 0.374 e. The minimum atomic E-state index is -5.93. The molecule has 7 heteroatoms. The summed E-state index contributed by atoms with van der Waals surface area (Å²) < 4.78 is 66.6. The summed E-state index contributed by atoms with van der Waals surface area (Å²) in [7, 11) is 0. The van der Waals surface area contributed by atoms with Crippen LogP contribution in [0.1, 0.15) is 11.1 Å². The van der Waals surface area contributed by atoms with E-state index >= 15 is 0 Å². The SMILES string of the molecule is OC(c1ccccc1)(c1ccc(Cl)cc1)C(F)(F)C(F)(F)F. The van der Waals surface area contributed by atoms with Crippen LogP contribution in [-0.4, -0.2) is 17.2 Å². The van der Waals surface area contributed by atoms with Gasteiger partial charge in [0.15, 0.2) is 5.60 Å². The fraction of sp³-hybridized carbons (Fsp3) is 0.200. The summed E-state index contributed by atoms with van der Waals surface area (Å²) in [5, 5.41) is 10.5. The summed E-state index contributed by atoms with van der Waals surface area (Å²) in [5.74, 6) is -5.39. The highest BCUT2D eigenvalue weighted by atomic mass is 35.5. The normalized spacial score (nSPS) is 15.4. The van der Waals surface area contributed by atoms with E-state index in [1.165, 1.54) is 18.2 Å². The molecule has 22 heavy (non-hydrogen) atoms. The lowest BCUT2D eigenvalue weighted by atomic mass is 9.80. The Bertz CT molecular complexity index is 639. The Morgan fingerprint density at radius 2 is 1.18 bits per heavy atom. The molecule has 0 heterocycles. The topological polar surface area (TPSA) is 20.2 Å². The fourth-order valence-electron chi connectivity index (χ4n) is 2.10. The van der Waals surface area contributed by atoms with Crippen LogP contribution in [0.4, 0.5) is 22.0 Å². The van der Waals surface area contributed by atoms with Gasteiger partial charge in [0.2, 0.25) is 0 Å². The second-order valence-electron chi connectivity index (χ2n) is 4.66. The van der Waals surface area contributed by atoms with E-state index < -0.39 is 28.8 Å². The zero-order chi connectivity index (χ0) is 16.6. The Balaban J connectivity index is 2.73. The summed E-state index contributed by atoms with van der Waals surface area (Å²) in [6.45, 7) is 0. The molecule has 1 atom stereocenters. The number of hydrogen-bond acceptors (Lipinski definition) is 1. The summed E-state index contributed by atoms with van der Waals surface area (Å²) >= 11 is 5.62. The third-order valence-electron chi connectivity index (χ3n) is 3.26. The van der Waals surface area contributed by atoms with E-state index in [0.29, 0.717) is 0 Å². The molecule has 0 radical (unpaired) electrons.